The molecular weight excluding hydrogens is 172 g/mol. The molecule has 2 aromatic rings. The standard InChI is InChI=1S/C12H16N2/c1-10-9-11-5-2-3-6-12(11)14(10)8-4-7-13/h2-3,5-6,9H,4,7-8,13H2,1H3. The van der Waals surface area contributed by atoms with Gasteiger partial charge in [0.1, 0.15) is 0 Å². The largest absolute Gasteiger partial charge is 0.345 e. The Hall–Kier alpha value is -1.28. The number of aryl methyl sites for hydroxylation is 2. The first-order valence-electron chi connectivity index (χ1n) is 5.08. The minimum absolute atomic E-state index is 0.756. The SMILES string of the molecule is Cc1cc2ccccc2n1CCCN. The van der Waals surface area contributed by atoms with Gasteiger partial charge in [-0.3, -0.25) is 0 Å². The Morgan fingerprint density at radius 1 is 1.29 bits per heavy atom. The molecule has 2 heteroatoms. The van der Waals surface area contributed by atoms with Gasteiger partial charge >= 0.3 is 0 Å². The molecule has 1 aromatic heterocycles. The fourth-order valence-corrected chi connectivity index (χ4v) is 1.89. The highest BCUT2D eigenvalue weighted by atomic mass is 15.0. The van der Waals surface area contributed by atoms with Crippen molar-refractivity contribution in [3.63, 3.8) is 0 Å². The molecule has 0 fully saturated rings. The molecule has 1 heterocycles. The monoisotopic (exact) mass is 188 g/mol. The van der Waals surface area contributed by atoms with Gasteiger partial charge in [0.2, 0.25) is 0 Å². The minimum Gasteiger partial charge on any atom is -0.345 e. The third kappa shape index (κ3) is 1.53. The van der Waals surface area contributed by atoms with E-state index >= 15 is 0 Å². The van der Waals surface area contributed by atoms with E-state index in [9.17, 15) is 0 Å². The van der Waals surface area contributed by atoms with Gasteiger partial charge in [-0.05, 0) is 37.4 Å². The van der Waals surface area contributed by atoms with E-state index < -0.39 is 0 Å². The van der Waals surface area contributed by atoms with Crippen molar-refractivity contribution in [2.45, 2.75) is 19.9 Å². The molecule has 0 radical (unpaired) electrons. The van der Waals surface area contributed by atoms with Crippen LogP contribution in [0.4, 0.5) is 0 Å². The summed E-state index contributed by atoms with van der Waals surface area (Å²) in [5.74, 6) is 0. The Morgan fingerprint density at radius 3 is 2.86 bits per heavy atom. The number of nitrogens with zero attached hydrogens (tertiary/aromatic N) is 1. The summed E-state index contributed by atoms with van der Waals surface area (Å²) in [5, 5.41) is 1.32. The molecule has 1 aromatic carbocycles. The van der Waals surface area contributed by atoms with Gasteiger partial charge in [0.05, 0.1) is 0 Å². The van der Waals surface area contributed by atoms with E-state index in [0.29, 0.717) is 0 Å². The molecule has 0 aliphatic rings. The lowest BCUT2D eigenvalue weighted by molar-refractivity contribution is 0.657. The smallest absolute Gasteiger partial charge is 0.0482 e. The summed E-state index contributed by atoms with van der Waals surface area (Å²) in [6, 6.07) is 10.7. The number of aromatic nitrogens is 1. The lowest BCUT2D eigenvalue weighted by Gasteiger charge is -2.06. The number of hydrogen-bond donors (Lipinski definition) is 1. The van der Waals surface area contributed by atoms with Crippen LogP contribution in [0.15, 0.2) is 30.3 Å². The maximum atomic E-state index is 5.53. The van der Waals surface area contributed by atoms with E-state index in [1.165, 1.54) is 16.6 Å². The van der Waals surface area contributed by atoms with Crippen molar-refractivity contribution >= 4 is 10.9 Å². The van der Waals surface area contributed by atoms with Crippen LogP contribution < -0.4 is 5.73 Å². The van der Waals surface area contributed by atoms with Gasteiger partial charge in [-0.2, -0.15) is 0 Å². The van der Waals surface area contributed by atoms with Crippen molar-refractivity contribution in [1.82, 2.24) is 4.57 Å². The lowest BCUT2D eigenvalue weighted by atomic mass is 10.2. The highest BCUT2D eigenvalue weighted by Gasteiger charge is 2.03. The molecule has 0 bridgehead atoms. The van der Waals surface area contributed by atoms with Crippen molar-refractivity contribution in [1.29, 1.82) is 0 Å². The van der Waals surface area contributed by atoms with Crippen LogP contribution in [0.25, 0.3) is 10.9 Å². The molecule has 0 aliphatic carbocycles. The average Bonchev–Trinajstić information content (AvgIpc) is 2.51. The van der Waals surface area contributed by atoms with Gasteiger partial charge in [0.15, 0.2) is 0 Å². The average molecular weight is 188 g/mol. The molecule has 0 saturated carbocycles. The molecular formula is C12H16N2. The summed E-state index contributed by atoms with van der Waals surface area (Å²) in [7, 11) is 0. The second kappa shape index (κ2) is 3.84. The molecule has 14 heavy (non-hydrogen) atoms. The molecule has 0 aliphatic heterocycles. The van der Waals surface area contributed by atoms with Gasteiger partial charge in [0, 0.05) is 17.8 Å². The molecule has 0 unspecified atom stereocenters. The summed E-state index contributed by atoms with van der Waals surface area (Å²) in [6.07, 6.45) is 1.04. The molecule has 74 valence electrons. The van der Waals surface area contributed by atoms with Crippen molar-refractivity contribution < 1.29 is 0 Å². The third-order valence-corrected chi connectivity index (χ3v) is 2.60. The predicted molar refractivity (Wildman–Crippen MR) is 60.3 cm³/mol. The summed E-state index contributed by atoms with van der Waals surface area (Å²) < 4.78 is 2.34. The van der Waals surface area contributed by atoms with Crippen LogP contribution >= 0.6 is 0 Å². The van der Waals surface area contributed by atoms with Crippen molar-refractivity contribution in [2.24, 2.45) is 5.73 Å². The van der Waals surface area contributed by atoms with Gasteiger partial charge in [-0.1, -0.05) is 18.2 Å². The van der Waals surface area contributed by atoms with Crippen LogP contribution in [0.2, 0.25) is 0 Å². The van der Waals surface area contributed by atoms with Gasteiger partial charge in [-0.15, -0.1) is 0 Å². The fourth-order valence-electron chi connectivity index (χ4n) is 1.89. The van der Waals surface area contributed by atoms with E-state index in [1.807, 2.05) is 0 Å². The van der Waals surface area contributed by atoms with E-state index in [1.54, 1.807) is 0 Å². The van der Waals surface area contributed by atoms with E-state index in [4.69, 9.17) is 5.73 Å². The number of nitrogens with two attached hydrogens (primary N) is 1. The van der Waals surface area contributed by atoms with Crippen LogP contribution in [-0.2, 0) is 6.54 Å². The zero-order chi connectivity index (χ0) is 9.97. The maximum Gasteiger partial charge on any atom is 0.0482 e. The third-order valence-electron chi connectivity index (χ3n) is 2.60. The fraction of sp³-hybridized carbons (Fsp3) is 0.333. The Bertz CT molecular complexity index is 429. The summed E-state index contributed by atoms with van der Waals surface area (Å²) in [4.78, 5) is 0. The van der Waals surface area contributed by atoms with E-state index in [-0.39, 0.29) is 0 Å². The minimum atomic E-state index is 0.756. The highest BCUT2D eigenvalue weighted by molar-refractivity contribution is 5.81. The zero-order valence-corrected chi connectivity index (χ0v) is 8.53. The second-order valence-corrected chi connectivity index (χ2v) is 3.64. The number of rotatable bonds is 3. The Balaban J connectivity index is 2.45. The topological polar surface area (TPSA) is 30.9 Å². The molecule has 0 atom stereocenters. The normalized spacial score (nSPS) is 11.0. The Kier molecular flexibility index (Phi) is 2.55. The van der Waals surface area contributed by atoms with Gasteiger partial charge < -0.3 is 10.3 Å². The molecule has 2 rings (SSSR count). The number of hydrogen-bond acceptors (Lipinski definition) is 1. The highest BCUT2D eigenvalue weighted by Crippen LogP contribution is 2.19. The van der Waals surface area contributed by atoms with E-state index in [2.05, 4.69) is 41.8 Å². The Labute approximate surface area is 84.3 Å². The molecule has 2 nitrogen and oxygen atoms in total. The number of fused-ring (bicyclic) bond motifs is 1. The van der Waals surface area contributed by atoms with Crippen LogP contribution in [0.1, 0.15) is 12.1 Å². The molecule has 2 N–H and O–H groups in total. The van der Waals surface area contributed by atoms with Crippen LogP contribution in [0.5, 0.6) is 0 Å². The lowest BCUT2D eigenvalue weighted by Crippen LogP contribution is -2.06. The first kappa shape index (κ1) is 9.28. The zero-order valence-electron chi connectivity index (χ0n) is 8.53. The molecule has 0 saturated heterocycles. The van der Waals surface area contributed by atoms with Gasteiger partial charge in [0.25, 0.3) is 0 Å². The van der Waals surface area contributed by atoms with Crippen LogP contribution in [0.3, 0.4) is 0 Å². The van der Waals surface area contributed by atoms with Crippen molar-refractivity contribution in [2.75, 3.05) is 6.54 Å². The predicted octanol–water partition coefficient (Wildman–Crippen LogP) is 2.30. The first-order valence-corrected chi connectivity index (χ1v) is 5.08. The molecule has 0 amide bonds. The summed E-state index contributed by atoms with van der Waals surface area (Å²) in [6.45, 7) is 3.93. The quantitative estimate of drug-likeness (QED) is 0.787. The summed E-state index contributed by atoms with van der Waals surface area (Å²) >= 11 is 0. The van der Waals surface area contributed by atoms with Crippen LogP contribution in [-0.4, -0.2) is 11.1 Å². The first-order chi connectivity index (χ1) is 6.83. The number of benzene rings is 1. The molecule has 0 spiro atoms. The Morgan fingerprint density at radius 2 is 2.07 bits per heavy atom. The van der Waals surface area contributed by atoms with E-state index in [0.717, 1.165) is 19.5 Å². The van der Waals surface area contributed by atoms with Gasteiger partial charge in [-0.25, -0.2) is 0 Å². The van der Waals surface area contributed by atoms with Crippen molar-refractivity contribution in [3.8, 4) is 0 Å². The van der Waals surface area contributed by atoms with Crippen molar-refractivity contribution in [3.05, 3.63) is 36.0 Å². The summed E-state index contributed by atoms with van der Waals surface area (Å²) in [5.41, 5.74) is 8.16. The van der Waals surface area contributed by atoms with Crippen LogP contribution in [0, 0.1) is 6.92 Å². The number of para-hydroxylation sites is 1. The second-order valence-electron chi connectivity index (χ2n) is 3.64. The maximum absolute atomic E-state index is 5.53.